The molecule has 2 N–H and O–H groups in total. The van der Waals surface area contributed by atoms with Gasteiger partial charge in [0, 0.05) is 12.0 Å². The Balaban J connectivity index is 1.36. The van der Waals surface area contributed by atoms with E-state index in [9.17, 15) is 23.2 Å². The molecule has 1 saturated heterocycles. The van der Waals surface area contributed by atoms with Crippen molar-refractivity contribution in [1.82, 2.24) is 20.0 Å². The molecule has 8 nitrogen and oxygen atoms in total. The number of nitrogens with one attached hydrogen (secondary N) is 2. The van der Waals surface area contributed by atoms with Gasteiger partial charge in [-0.1, -0.05) is 37.1 Å². The lowest BCUT2D eigenvalue weighted by Gasteiger charge is -2.22. The first kappa shape index (κ1) is 23.7. The van der Waals surface area contributed by atoms with Crippen molar-refractivity contribution < 1.29 is 23.2 Å². The fourth-order valence-electron chi connectivity index (χ4n) is 4.84. The molecule has 1 aromatic heterocycles. The molecular formula is C26H25F2N5O3. The first-order chi connectivity index (χ1) is 17.3. The van der Waals surface area contributed by atoms with Crippen LogP contribution in [0.1, 0.15) is 49.8 Å². The Bertz CT molecular complexity index is 1340. The molecule has 2 heterocycles. The van der Waals surface area contributed by atoms with Crippen LogP contribution in [0.3, 0.4) is 0 Å². The Labute approximate surface area is 206 Å². The SMILES string of the molecule is CC1(c2ccc(F)c(F)c2)NC(=O)N(CC(=O)Nc2cc(C3CCCC3)nn2-c2ccccc2)C1=O. The summed E-state index contributed by atoms with van der Waals surface area (Å²) in [5.41, 5.74) is 0.0874. The normalized spacial score (nSPS) is 20.1. The van der Waals surface area contributed by atoms with Crippen LogP contribution in [0.4, 0.5) is 19.4 Å². The summed E-state index contributed by atoms with van der Waals surface area (Å²) in [7, 11) is 0. The van der Waals surface area contributed by atoms with Gasteiger partial charge in [-0.25, -0.2) is 18.3 Å². The van der Waals surface area contributed by atoms with Gasteiger partial charge in [-0.15, -0.1) is 0 Å². The van der Waals surface area contributed by atoms with E-state index in [4.69, 9.17) is 5.10 Å². The number of amides is 4. The molecule has 2 fully saturated rings. The molecule has 1 atom stereocenters. The van der Waals surface area contributed by atoms with E-state index in [1.54, 1.807) is 4.68 Å². The predicted molar refractivity (Wildman–Crippen MR) is 127 cm³/mol. The monoisotopic (exact) mass is 493 g/mol. The number of benzene rings is 2. The van der Waals surface area contributed by atoms with Crippen molar-refractivity contribution in [3.63, 3.8) is 0 Å². The zero-order valence-electron chi connectivity index (χ0n) is 19.6. The van der Waals surface area contributed by atoms with Crippen LogP contribution >= 0.6 is 0 Å². The lowest BCUT2D eigenvalue weighted by atomic mass is 9.92. The molecular weight excluding hydrogens is 468 g/mol. The van der Waals surface area contributed by atoms with Crippen molar-refractivity contribution >= 4 is 23.7 Å². The van der Waals surface area contributed by atoms with E-state index in [1.807, 2.05) is 36.4 Å². The molecule has 1 aliphatic heterocycles. The van der Waals surface area contributed by atoms with Crippen molar-refractivity contribution in [2.45, 2.75) is 44.1 Å². The van der Waals surface area contributed by atoms with E-state index < -0.39 is 41.6 Å². The molecule has 0 radical (unpaired) electrons. The molecule has 4 amide bonds. The van der Waals surface area contributed by atoms with Gasteiger partial charge in [0.2, 0.25) is 5.91 Å². The highest BCUT2D eigenvalue weighted by molar-refractivity contribution is 6.10. The Morgan fingerprint density at radius 1 is 1.08 bits per heavy atom. The van der Waals surface area contributed by atoms with E-state index in [0.717, 1.165) is 54.1 Å². The van der Waals surface area contributed by atoms with Crippen LogP contribution < -0.4 is 10.6 Å². The highest BCUT2D eigenvalue weighted by Crippen LogP contribution is 2.35. The average molecular weight is 494 g/mol. The lowest BCUT2D eigenvalue weighted by molar-refractivity contribution is -0.133. The van der Waals surface area contributed by atoms with E-state index in [2.05, 4.69) is 10.6 Å². The van der Waals surface area contributed by atoms with E-state index in [0.29, 0.717) is 11.7 Å². The van der Waals surface area contributed by atoms with Crippen LogP contribution in [-0.2, 0) is 15.1 Å². The van der Waals surface area contributed by atoms with Crippen LogP contribution in [0, 0.1) is 11.6 Å². The molecule has 0 spiro atoms. The number of carbonyl (C=O) groups is 3. The summed E-state index contributed by atoms with van der Waals surface area (Å²) >= 11 is 0. The topological polar surface area (TPSA) is 96.3 Å². The summed E-state index contributed by atoms with van der Waals surface area (Å²) in [4.78, 5) is 39.5. The molecule has 0 bridgehead atoms. The fraction of sp³-hybridized carbons (Fsp3) is 0.308. The van der Waals surface area contributed by atoms with Crippen LogP contribution in [-0.4, -0.2) is 39.1 Å². The quantitative estimate of drug-likeness (QED) is 0.503. The second-order valence-corrected chi connectivity index (χ2v) is 9.31. The van der Waals surface area contributed by atoms with Crippen LogP contribution in [0.15, 0.2) is 54.6 Å². The number of carbonyl (C=O) groups excluding carboxylic acids is 3. The minimum atomic E-state index is -1.63. The van der Waals surface area contributed by atoms with E-state index in [-0.39, 0.29) is 5.56 Å². The van der Waals surface area contributed by atoms with Crippen LogP contribution in [0.25, 0.3) is 5.69 Å². The van der Waals surface area contributed by atoms with Gasteiger partial charge in [-0.2, -0.15) is 5.10 Å². The highest BCUT2D eigenvalue weighted by Gasteiger charge is 2.49. The summed E-state index contributed by atoms with van der Waals surface area (Å²) in [6.45, 7) is 0.832. The zero-order valence-corrected chi connectivity index (χ0v) is 19.6. The molecule has 2 aliphatic rings. The molecule has 2 aromatic carbocycles. The smallest absolute Gasteiger partial charge is 0.319 e. The summed E-state index contributed by atoms with van der Waals surface area (Å²) in [5, 5.41) is 10.0. The van der Waals surface area contributed by atoms with Crippen molar-refractivity contribution in [2.75, 3.05) is 11.9 Å². The first-order valence-electron chi connectivity index (χ1n) is 11.8. The summed E-state index contributed by atoms with van der Waals surface area (Å²) in [6, 6.07) is 13.3. The third-order valence-electron chi connectivity index (χ3n) is 6.84. The maximum Gasteiger partial charge on any atom is 0.325 e. The molecule has 5 rings (SSSR count). The first-order valence-corrected chi connectivity index (χ1v) is 11.8. The molecule has 1 aliphatic carbocycles. The Morgan fingerprint density at radius 2 is 1.81 bits per heavy atom. The molecule has 3 aromatic rings. The predicted octanol–water partition coefficient (Wildman–Crippen LogP) is 4.21. The maximum atomic E-state index is 13.8. The summed E-state index contributed by atoms with van der Waals surface area (Å²) < 4.78 is 28.8. The van der Waals surface area contributed by atoms with Crippen molar-refractivity contribution in [3.8, 4) is 5.69 Å². The van der Waals surface area contributed by atoms with Gasteiger partial charge in [0.15, 0.2) is 11.6 Å². The summed E-state index contributed by atoms with van der Waals surface area (Å²) in [5.74, 6) is -2.79. The number of nitrogens with zero attached hydrogens (tertiary/aromatic N) is 3. The summed E-state index contributed by atoms with van der Waals surface area (Å²) in [6.07, 6.45) is 4.33. The van der Waals surface area contributed by atoms with Gasteiger partial charge in [-0.05, 0) is 49.6 Å². The minimum absolute atomic E-state index is 0.0750. The highest BCUT2D eigenvalue weighted by atomic mass is 19.2. The second-order valence-electron chi connectivity index (χ2n) is 9.31. The largest absolute Gasteiger partial charge is 0.325 e. The van der Waals surface area contributed by atoms with Crippen molar-refractivity contribution in [3.05, 3.63) is 77.5 Å². The van der Waals surface area contributed by atoms with E-state index >= 15 is 0 Å². The van der Waals surface area contributed by atoms with Gasteiger partial charge in [0.25, 0.3) is 5.91 Å². The molecule has 36 heavy (non-hydrogen) atoms. The fourth-order valence-corrected chi connectivity index (χ4v) is 4.84. The number of imide groups is 1. The molecule has 1 saturated carbocycles. The van der Waals surface area contributed by atoms with Gasteiger partial charge >= 0.3 is 6.03 Å². The number of rotatable bonds is 6. The van der Waals surface area contributed by atoms with Gasteiger partial charge in [-0.3, -0.25) is 14.5 Å². The zero-order chi connectivity index (χ0) is 25.4. The Hall–Kier alpha value is -4.08. The minimum Gasteiger partial charge on any atom is -0.319 e. The maximum absolute atomic E-state index is 13.8. The molecule has 1 unspecified atom stereocenters. The third kappa shape index (κ3) is 4.23. The number of para-hydroxylation sites is 1. The molecule has 186 valence electrons. The number of aromatic nitrogens is 2. The van der Waals surface area contributed by atoms with Crippen molar-refractivity contribution in [2.24, 2.45) is 0 Å². The van der Waals surface area contributed by atoms with Crippen molar-refractivity contribution in [1.29, 1.82) is 0 Å². The number of halogens is 2. The number of anilines is 1. The van der Waals surface area contributed by atoms with Crippen LogP contribution in [0.5, 0.6) is 0 Å². The second kappa shape index (κ2) is 9.18. The van der Waals surface area contributed by atoms with E-state index in [1.165, 1.54) is 13.0 Å². The average Bonchev–Trinajstić information content (AvgIpc) is 3.58. The van der Waals surface area contributed by atoms with Gasteiger partial charge in [0.05, 0.1) is 11.4 Å². The Kier molecular flexibility index (Phi) is 6.03. The van der Waals surface area contributed by atoms with Gasteiger partial charge < -0.3 is 10.6 Å². The Morgan fingerprint density at radius 3 is 2.50 bits per heavy atom. The standard InChI is InChI=1S/C26H25F2N5O3/c1-26(17-11-12-19(27)20(28)13-17)24(35)32(25(36)30-26)15-23(34)29-22-14-21(16-7-5-6-8-16)31-33(22)18-9-3-2-4-10-18/h2-4,9-14,16H,5-8,15H2,1H3,(H,29,34)(H,30,36). The third-order valence-corrected chi connectivity index (χ3v) is 6.84. The van der Waals surface area contributed by atoms with Crippen LogP contribution in [0.2, 0.25) is 0 Å². The van der Waals surface area contributed by atoms with Gasteiger partial charge in [0.1, 0.15) is 17.9 Å². The number of hydrogen-bond donors (Lipinski definition) is 2. The lowest BCUT2D eigenvalue weighted by Crippen LogP contribution is -2.42. The molecule has 10 heteroatoms. The number of urea groups is 1. The number of hydrogen-bond acceptors (Lipinski definition) is 4.